The first-order valence-electron chi connectivity index (χ1n) is 6.10. The number of benzene rings is 1. The maximum atomic E-state index is 12.5. The van der Waals surface area contributed by atoms with E-state index in [-0.39, 0.29) is 0 Å². The van der Waals surface area contributed by atoms with E-state index in [2.05, 4.69) is 9.97 Å². The van der Waals surface area contributed by atoms with Crippen LogP contribution in [-0.4, -0.2) is 9.97 Å². The third-order valence-electron chi connectivity index (χ3n) is 2.88. The van der Waals surface area contributed by atoms with Crippen LogP contribution in [0.5, 0.6) is 0 Å². The summed E-state index contributed by atoms with van der Waals surface area (Å²) in [7, 11) is 0. The largest absolute Gasteiger partial charge is 0.416 e. The van der Waals surface area contributed by atoms with Crippen LogP contribution in [0, 0.1) is 0 Å². The number of rotatable bonds is 3. The molecule has 0 bridgehead atoms. The Morgan fingerprint density at radius 1 is 1.10 bits per heavy atom. The highest BCUT2D eigenvalue weighted by atomic mass is 35.5. The smallest absolute Gasteiger partial charge is 0.236 e. The predicted octanol–water partition coefficient (Wildman–Crippen LogP) is 4.77. The van der Waals surface area contributed by atoms with Gasteiger partial charge >= 0.3 is 6.18 Å². The minimum Gasteiger partial charge on any atom is -0.236 e. The molecule has 6 heteroatoms. The van der Waals surface area contributed by atoms with E-state index in [0.29, 0.717) is 22.8 Å². The maximum Gasteiger partial charge on any atom is 0.416 e. The zero-order chi connectivity index (χ0) is 14.8. The van der Waals surface area contributed by atoms with Crippen molar-refractivity contribution in [3.8, 4) is 11.3 Å². The van der Waals surface area contributed by atoms with Crippen LogP contribution in [0.2, 0.25) is 5.15 Å². The van der Waals surface area contributed by atoms with Crippen LogP contribution >= 0.6 is 11.6 Å². The van der Waals surface area contributed by atoms with Gasteiger partial charge in [-0.2, -0.15) is 13.2 Å². The topological polar surface area (TPSA) is 25.8 Å². The number of aromatic nitrogens is 2. The van der Waals surface area contributed by atoms with Crippen molar-refractivity contribution in [2.45, 2.75) is 25.9 Å². The van der Waals surface area contributed by atoms with E-state index in [1.54, 1.807) is 0 Å². The quantitative estimate of drug-likeness (QED) is 0.763. The lowest BCUT2D eigenvalue weighted by Gasteiger charge is -2.11. The fourth-order valence-corrected chi connectivity index (χ4v) is 2.16. The first-order chi connectivity index (χ1) is 9.43. The van der Waals surface area contributed by atoms with Gasteiger partial charge in [-0.3, -0.25) is 0 Å². The second kappa shape index (κ2) is 5.79. The fraction of sp³-hybridized carbons (Fsp3) is 0.286. The average Bonchev–Trinajstić information content (AvgIpc) is 2.40. The molecule has 0 fully saturated rings. The Kier molecular flexibility index (Phi) is 4.28. The summed E-state index contributed by atoms with van der Waals surface area (Å²) in [5.74, 6) is 0. The lowest BCUT2D eigenvalue weighted by Crippen LogP contribution is -2.04. The summed E-state index contributed by atoms with van der Waals surface area (Å²) in [6.45, 7) is 1.99. The molecule has 0 aliphatic heterocycles. The molecule has 2 aromatic rings. The van der Waals surface area contributed by atoms with E-state index in [9.17, 15) is 13.2 Å². The van der Waals surface area contributed by atoms with E-state index in [1.807, 2.05) is 6.92 Å². The molecular formula is C14H12ClF3N2. The normalized spacial score (nSPS) is 11.7. The fourth-order valence-electron chi connectivity index (χ4n) is 1.93. The van der Waals surface area contributed by atoms with E-state index in [1.165, 1.54) is 18.5 Å². The van der Waals surface area contributed by atoms with E-state index >= 15 is 0 Å². The Labute approximate surface area is 119 Å². The Hall–Kier alpha value is -1.62. The van der Waals surface area contributed by atoms with E-state index in [0.717, 1.165) is 24.1 Å². The van der Waals surface area contributed by atoms with Crippen molar-refractivity contribution in [3.05, 3.63) is 46.9 Å². The van der Waals surface area contributed by atoms with Gasteiger partial charge in [-0.05, 0) is 18.6 Å². The molecule has 1 aromatic carbocycles. The van der Waals surface area contributed by atoms with E-state index < -0.39 is 11.7 Å². The van der Waals surface area contributed by atoms with Crippen molar-refractivity contribution in [2.75, 3.05) is 0 Å². The molecule has 20 heavy (non-hydrogen) atoms. The second-order valence-electron chi connectivity index (χ2n) is 4.32. The van der Waals surface area contributed by atoms with Gasteiger partial charge in [0.1, 0.15) is 11.5 Å². The first-order valence-corrected chi connectivity index (χ1v) is 6.48. The predicted molar refractivity (Wildman–Crippen MR) is 71.5 cm³/mol. The molecule has 0 saturated carbocycles. The average molecular weight is 301 g/mol. The van der Waals surface area contributed by atoms with Gasteiger partial charge < -0.3 is 0 Å². The molecule has 0 aliphatic rings. The van der Waals surface area contributed by atoms with Crippen LogP contribution in [0.15, 0.2) is 30.6 Å². The lowest BCUT2D eigenvalue weighted by atomic mass is 10.0. The minimum atomic E-state index is -4.34. The van der Waals surface area contributed by atoms with Gasteiger partial charge in [-0.15, -0.1) is 0 Å². The zero-order valence-corrected chi connectivity index (χ0v) is 11.5. The molecule has 0 spiro atoms. The highest BCUT2D eigenvalue weighted by Crippen LogP contribution is 2.32. The van der Waals surface area contributed by atoms with Crippen LogP contribution in [0.25, 0.3) is 11.3 Å². The number of hydrogen-bond donors (Lipinski definition) is 0. The monoisotopic (exact) mass is 300 g/mol. The van der Waals surface area contributed by atoms with Gasteiger partial charge in [0.15, 0.2) is 0 Å². The van der Waals surface area contributed by atoms with Crippen molar-refractivity contribution >= 4 is 11.6 Å². The number of alkyl halides is 3. The Balaban J connectivity index is 2.44. The van der Waals surface area contributed by atoms with Gasteiger partial charge in [0, 0.05) is 11.1 Å². The van der Waals surface area contributed by atoms with Crippen molar-refractivity contribution in [1.82, 2.24) is 9.97 Å². The van der Waals surface area contributed by atoms with Gasteiger partial charge in [0.2, 0.25) is 0 Å². The Morgan fingerprint density at radius 2 is 1.75 bits per heavy atom. The number of halogens is 4. The molecule has 0 saturated heterocycles. The van der Waals surface area contributed by atoms with Crippen molar-refractivity contribution in [1.29, 1.82) is 0 Å². The molecule has 2 rings (SSSR count). The standard InChI is InChI=1S/C14H12ClF3N2/c1-2-3-11-12(19-8-20-13(11)15)9-4-6-10(7-5-9)14(16,17)18/h4-8H,2-3H2,1H3. The first kappa shape index (κ1) is 14.8. The lowest BCUT2D eigenvalue weighted by molar-refractivity contribution is -0.137. The summed E-state index contributed by atoms with van der Waals surface area (Å²) < 4.78 is 37.6. The second-order valence-corrected chi connectivity index (χ2v) is 4.67. The van der Waals surface area contributed by atoms with Crippen molar-refractivity contribution in [3.63, 3.8) is 0 Å². The minimum absolute atomic E-state index is 0.344. The van der Waals surface area contributed by atoms with Crippen molar-refractivity contribution in [2.24, 2.45) is 0 Å². The molecule has 0 atom stereocenters. The highest BCUT2D eigenvalue weighted by molar-refractivity contribution is 6.30. The van der Waals surface area contributed by atoms with Crippen LogP contribution in [-0.2, 0) is 12.6 Å². The third-order valence-corrected chi connectivity index (χ3v) is 3.20. The molecule has 1 aromatic heterocycles. The van der Waals surface area contributed by atoms with Crippen LogP contribution < -0.4 is 0 Å². The Bertz CT molecular complexity index is 594. The summed E-state index contributed by atoms with van der Waals surface area (Å²) in [5.41, 5.74) is 1.26. The van der Waals surface area contributed by atoms with Crippen LogP contribution in [0.1, 0.15) is 24.5 Å². The summed E-state index contributed by atoms with van der Waals surface area (Å²) in [5, 5.41) is 0.344. The third kappa shape index (κ3) is 3.10. The molecule has 0 N–H and O–H groups in total. The van der Waals surface area contributed by atoms with Crippen LogP contribution in [0.4, 0.5) is 13.2 Å². The van der Waals surface area contributed by atoms with Gasteiger partial charge in [-0.25, -0.2) is 9.97 Å². The number of nitrogens with zero attached hydrogens (tertiary/aromatic N) is 2. The van der Waals surface area contributed by atoms with Gasteiger partial charge in [0.05, 0.1) is 11.3 Å². The highest BCUT2D eigenvalue weighted by Gasteiger charge is 2.30. The molecule has 1 heterocycles. The van der Waals surface area contributed by atoms with Gasteiger partial charge in [-0.1, -0.05) is 37.1 Å². The molecule has 2 nitrogen and oxygen atoms in total. The molecular weight excluding hydrogens is 289 g/mol. The van der Waals surface area contributed by atoms with Crippen molar-refractivity contribution < 1.29 is 13.2 Å². The van der Waals surface area contributed by atoms with Gasteiger partial charge in [0.25, 0.3) is 0 Å². The summed E-state index contributed by atoms with van der Waals surface area (Å²) >= 11 is 6.03. The molecule has 0 radical (unpaired) electrons. The summed E-state index contributed by atoms with van der Waals surface area (Å²) in [4.78, 5) is 8.06. The Morgan fingerprint density at radius 3 is 2.30 bits per heavy atom. The maximum absolute atomic E-state index is 12.5. The molecule has 0 amide bonds. The zero-order valence-electron chi connectivity index (χ0n) is 10.7. The molecule has 106 valence electrons. The SMILES string of the molecule is CCCc1c(Cl)ncnc1-c1ccc(C(F)(F)F)cc1. The summed E-state index contributed by atoms with van der Waals surface area (Å²) in [6.07, 6.45) is -1.50. The molecule has 0 aliphatic carbocycles. The van der Waals surface area contributed by atoms with Crippen LogP contribution in [0.3, 0.4) is 0 Å². The number of hydrogen-bond acceptors (Lipinski definition) is 2. The summed E-state index contributed by atoms with van der Waals surface area (Å²) in [6, 6.07) is 4.89. The molecule has 0 unspecified atom stereocenters. The van der Waals surface area contributed by atoms with E-state index in [4.69, 9.17) is 11.6 Å².